The van der Waals surface area contributed by atoms with Crippen molar-refractivity contribution in [3.8, 4) is 5.75 Å². The first-order valence-electron chi connectivity index (χ1n) is 5.87. The van der Waals surface area contributed by atoms with Crippen molar-refractivity contribution >= 4 is 21.6 Å². The van der Waals surface area contributed by atoms with Crippen LogP contribution in [0.5, 0.6) is 5.75 Å². The third kappa shape index (κ3) is 2.91. The van der Waals surface area contributed by atoms with E-state index in [1.54, 1.807) is 0 Å². The first-order chi connectivity index (χ1) is 7.65. The summed E-state index contributed by atoms with van der Waals surface area (Å²) in [6.07, 6.45) is 2.82. The Balaban J connectivity index is 2.20. The van der Waals surface area contributed by atoms with Crippen molar-refractivity contribution in [1.82, 2.24) is 0 Å². The van der Waals surface area contributed by atoms with Gasteiger partial charge < -0.3 is 9.64 Å². The molecule has 1 saturated heterocycles. The second-order valence-electron chi connectivity index (χ2n) is 4.51. The predicted octanol–water partition coefficient (Wildman–Crippen LogP) is 3.84. The molecule has 0 radical (unpaired) electrons. The number of anilines is 1. The normalized spacial score (nSPS) is 15.9. The van der Waals surface area contributed by atoms with Crippen LogP contribution in [0.4, 0.5) is 5.69 Å². The fourth-order valence-corrected chi connectivity index (χ4v) is 2.51. The number of ether oxygens (including phenoxy) is 1. The highest BCUT2D eigenvalue weighted by Gasteiger charge is 2.13. The summed E-state index contributed by atoms with van der Waals surface area (Å²) < 4.78 is 6.83. The number of halogens is 1. The van der Waals surface area contributed by atoms with E-state index in [4.69, 9.17) is 4.74 Å². The number of rotatable bonds is 3. The smallest absolute Gasteiger partial charge is 0.122 e. The molecule has 2 nitrogen and oxygen atoms in total. The summed E-state index contributed by atoms with van der Waals surface area (Å²) >= 11 is 3.54. The second-order valence-corrected chi connectivity index (χ2v) is 5.42. The lowest BCUT2D eigenvalue weighted by atomic mass is 10.2. The lowest BCUT2D eigenvalue weighted by Gasteiger charge is -2.19. The summed E-state index contributed by atoms with van der Waals surface area (Å²) in [5, 5.41) is 0. The molecular weight excluding hydrogens is 266 g/mol. The van der Waals surface area contributed by atoms with Gasteiger partial charge >= 0.3 is 0 Å². The molecule has 0 spiro atoms. The Morgan fingerprint density at radius 1 is 1.19 bits per heavy atom. The summed E-state index contributed by atoms with van der Waals surface area (Å²) in [5.41, 5.74) is 1.27. The van der Waals surface area contributed by atoms with Gasteiger partial charge in [-0.05, 0) is 38.8 Å². The van der Waals surface area contributed by atoms with Gasteiger partial charge in [-0.15, -0.1) is 0 Å². The van der Waals surface area contributed by atoms with Crippen molar-refractivity contribution in [3.05, 3.63) is 22.7 Å². The number of benzene rings is 1. The van der Waals surface area contributed by atoms with Crippen molar-refractivity contribution in [2.24, 2.45) is 0 Å². The molecule has 0 N–H and O–H groups in total. The van der Waals surface area contributed by atoms with Crippen LogP contribution in [0, 0.1) is 0 Å². The van der Waals surface area contributed by atoms with Crippen molar-refractivity contribution in [1.29, 1.82) is 0 Å². The molecule has 16 heavy (non-hydrogen) atoms. The van der Waals surface area contributed by atoms with Crippen LogP contribution in [0.15, 0.2) is 22.7 Å². The Morgan fingerprint density at radius 3 is 2.50 bits per heavy atom. The molecule has 1 aromatic rings. The van der Waals surface area contributed by atoms with Gasteiger partial charge in [-0.1, -0.05) is 15.9 Å². The standard InChI is InChI=1S/C13H18BrNO/c1-10(2)16-13-8-11(14)7-12(9-13)15-5-3-4-6-15/h7-10H,3-6H2,1-2H3. The molecule has 0 atom stereocenters. The van der Waals surface area contributed by atoms with Gasteiger partial charge in [0, 0.05) is 29.3 Å². The molecule has 0 bridgehead atoms. The van der Waals surface area contributed by atoms with Crippen LogP contribution in [0.25, 0.3) is 0 Å². The zero-order valence-corrected chi connectivity index (χ0v) is 11.5. The fourth-order valence-electron chi connectivity index (χ4n) is 2.05. The quantitative estimate of drug-likeness (QED) is 0.836. The van der Waals surface area contributed by atoms with E-state index in [0.717, 1.165) is 23.3 Å². The largest absolute Gasteiger partial charge is 0.491 e. The first-order valence-corrected chi connectivity index (χ1v) is 6.66. The highest BCUT2D eigenvalue weighted by atomic mass is 79.9. The molecule has 2 rings (SSSR count). The van der Waals surface area contributed by atoms with E-state index in [2.05, 4.69) is 46.8 Å². The molecule has 1 heterocycles. The van der Waals surface area contributed by atoms with E-state index in [1.807, 2.05) is 6.07 Å². The summed E-state index contributed by atoms with van der Waals surface area (Å²) in [6, 6.07) is 6.33. The summed E-state index contributed by atoms with van der Waals surface area (Å²) in [7, 11) is 0. The third-order valence-electron chi connectivity index (χ3n) is 2.70. The average molecular weight is 284 g/mol. The number of hydrogen-bond acceptors (Lipinski definition) is 2. The zero-order chi connectivity index (χ0) is 11.5. The first kappa shape index (κ1) is 11.8. The Bertz CT molecular complexity index is 359. The zero-order valence-electron chi connectivity index (χ0n) is 9.87. The Morgan fingerprint density at radius 2 is 1.88 bits per heavy atom. The van der Waals surface area contributed by atoms with Crippen molar-refractivity contribution in [2.45, 2.75) is 32.8 Å². The number of hydrogen-bond donors (Lipinski definition) is 0. The maximum atomic E-state index is 5.74. The van der Waals surface area contributed by atoms with Crippen LogP contribution in [0.2, 0.25) is 0 Å². The summed E-state index contributed by atoms with van der Waals surface area (Å²) in [4.78, 5) is 2.41. The minimum Gasteiger partial charge on any atom is -0.491 e. The van der Waals surface area contributed by atoms with Crippen LogP contribution in [0.1, 0.15) is 26.7 Å². The molecular formula is C13H18BrNO. The second kappa shape index (κ2) is 5.09. The topological polar surface area (TPSA) is 12.5 Å². The van der Waals surface area contributed by atoms with Gasteiger partial charge in [-0.3, -0.25) is 0 Å². The van der Waals surface area contributed by atoms with Gasteiger partial charge in [0.1, 0.15) is 5.75 Å². The Hall–Kier alpha value is -0.700. The molecule has 0 saturated carbocycles. The van der Waals surface area contributed by atoms with Crippen LogP contribution in [0.3, 0.4) is 0 Å². The molecule has 0 aromatic heterocycles. The predicted molar refractivity (Wildman–Crippen MR) is 71.4 cm³/mol. The summed E-state index contributed by atoms with van der Waals surface area (Å²) in [6.45, 7) is 6.43. The molecule has 3 heteroatoms. The van der Waals surface area contributed by atoms with Gasteiger partial charge in [-0.25, -0.2) is 0 Å². The molecule has 88 valence electrons. The van der Waals surface area contributed by atoms with Crippen LogP contribution < -0.4 is 9.64 Å². The highest BCUT2D eigenvalue weighted by molar-refractivity contribution is 9.10. The van der Waals surface area contributed by atoms with Crippen molar-refractivity contribution in [3.63, 3.8) is 0 Å². The van der Waals surface area contributed by atoms with Gasteiger partial charge in [0.25, 0.3) is 0 Å². The van der Waals surface area contributed by atoms with Crippen molar-refractivity contribution in [2.75, 3.05) is 18.0 Å². The van der Waals surface area contributed by atoms with Crippen LogP contribution in [-0.4, -0.2) is 19.2 Å². The lowest BCUT2D eigenvalue weighted by molar-refractivity contribution is 0.242. The van der Waals surface area contributed by atoms with E-state index < -0.39 is 0 Å². The van der Waals surface area contributed by atoms with E-state index in [1.165, 1.54) is 18.5 Å². The fraction of sp³-hybridized carbons (Fsp3) is 0.538. The number of nitrogens with zero attached hydrogens (tertiary/aromatic N) is 1. The van der Waals surface area contributed by atoms with Crippen LogP contribution >= 0.6 is 15.9 Å². The van der Waals surface area contributed by atoms with E-state index >= 15 is 0 Å². The maximum absolute atomic E-state index is 5.74. The molecule has 0 amide bonds. The molecule has 1 fully saturated rings. The Kier molecular flexibility index (Phi) is 3.74. The van der Waals surface area contributed by atoms with Crippen molar-refractivity contribution < 1.29 is 4.74 Å². The third-order valence-corrected chi connectivity index (χ3v) is 3.16. The molecule has 1 aliphatic rings. The lowest BCUT2D eigenvalue weighted by Crippen LogP contribution is -2.17. The SMILES string of the molecule is CC(C)Oc1cc(Br)cc(N2CCCC2)c1. The van der Waals surface area contributed by atoms with E-state index in [0.29, 0.717) is 0 Å². The molecule has 1 aliphatic heterocycles. The van der Waals surface area contributed by atoms with Crippen LogP contribution in [-0.2, 0) is 0 Å². The maximum Gasteiger partial charge on any atom is 0.122 e. The molecule has 0 aliphatic carbocycles. The molecule has 1 aromatic carbocycles. The van der Waals surface area contributed by atoms with Gasteiger partial charge in [0.15, 0.2) is 0 Å². The minimum absolute atomic E-state index is 0.223. The van der Waals surface area contributed by atoms with Gasteiger partial charge in [0.05, 0.1) is 6.10 Å². The van der Waals surface area contributed by atoms with E-state index in [-0.39, 0.29) is 6.10 Å². The van der Waals surface area contributed by atoms with Gasteiger partial charge in [0.2, 0.25) is 0 Å². The summed E-state index contributed by atoms with van der Waals surface area (Å²) in [5.74, 6) is 0.950. The Labute approximate surface area is 106 Å². The van der Waals surface area contributed by atoms with Gasteiger partial charge in [-0.2, -0.15) is 0 Å². The molecule has 0 unspecified atom stereocenters. The monoisotopic (exact) mass is 283 g/mol. The van der Waals surface area contributed by atoms with E-state index in [9.17, 15) is 0 Å². The minimum atomic E-state index is 0.223. The highest BCUT2D eigenvalue weighted by Crippen LogP contribution is 2.29. The average Bonchev–Trinajstić information content (AvgIpc) is 2.67.